The van der Waals surface area contributed by atoms with E-state index in [4.69, 9.17) is 0 Å². The Morgan fingerprint density at radius 3 is 2.72 bits per heavy atom. The average molecular weight is 279 g/mol. The molecule has 1 saturated heterocycles. The first-order valence-corrected chi connectivity index (χ1v) is 6.06. The van der Waals surface area contributed by atoms with Crippen LogP contribution in [0.4, 0.5) is 4.79 Å². The number of hydrogen-bond acceptors (Lipinski definition) is 4. The third kappa shape index (κ3) is 6.18. The van der Waals surface area contributed by atoms with Gasteiger partial charge >= 0.3 is 6.03 Å². The number of imide groups is 1. The Bertz CT molecular complexity index is 268. The molecule has 1 unspecified atom stereocenters. The molecule has 1 atom stereocenters. The Hall–Kier alpha value is -0.850. The van der Waals surface area contributed by atoms with Gasteiger partial charge in [-0.1, -0.05) is 0 Å². The first-order valence-electron chi connectivity index (χ1n) is 6.06. The molecule has 6 nitrogen and oxygen atoms in total. The maximum Gasteiger partial charge on any atom is 0.321 e. The van der Waals surface area contributed by atoms with E-state index in [1.165, 1.54) is 7.05 Å². The molecule has 0 bridgehead atoms. The topological polar surface area (TPSA) is 73.5 Å². The third-order valence-corrected chi connectivity index (χ3v) is 3.04. The zero-order valence-electron chi connectivity index (χ0n) is 11.0. The van der Waals surface area contributed by atoms with E-state index in [1.54, 1.807) is 0 Å². The number of likely N-dealkylation sites (N-methyl/N-ethyl adjacent to an activating group) is 1. The molecule has 1 heterocycles. The summed E-state index contributed by atoms with van der Waals surface area (Å²) in [6.45, 7) is 2.30. The minimum absolute atomic E-state index is 0. The summed E-state index contributed by atoms with van der Waals surface area (Å²) in [6.07, 6.45) is 3.27. The zero-order chi connectivity index (χ0) is 12.7. The van der Waals surface area contributed by atoms with E-state index in [9.17, 15) is 9.59 Å². The number of rotatable bonds is 3. The van der Waals surface area contributed by atoms with Crippen molar-refractivity contribution in [3.05, 3.63) is 0 Å². The van der Waals surface area contributed by atoms with Gasteiger partial charge < -0.3 is 10.6 Å². The van der Waals surface area contributed by atoms with Crippen LogP contribution in [0.15, 0.2) is 0 Å². The van der Waals surface area contributed by atoms with Gasteiger partial charge in [-0.05, 0) is 39.4 Å². The first-order chi connectivity index (χ1) is 8.13. The van der Waals surface area contributed by atoms with Crippen LogP contribution in [0.5, 0.6) is 0 Å². The van der Waals surface area contributed by atoms with Crippen molar-refractivity contribution in [1.82, 2.24) is 20.9 Å². The molecule has 0 spiro atoms. The zero-order valence-corrected chi connectivity index (χ0v) is 11.8. The van der Waals surface area contributed by atoms with E-state index in [0.717, 1.165) is 32.4 Å². The van der Waals surface area contributed by atoms with Crippen molar-refractivity contribution in [2.24, 2.45) is 0 Å². The van der Waals surface area contributed by atoms with E-state index in [2.05, 4.69) is 16.0 Å². The fourth-order valence-electron chi connectivity index (χ4n) is 2.03. The highest BCUT2D eigenvalue weighted by molar-refractivity contribution is 5.95. The van der Waals surface area contributed by atoms with Crippen LogP contribution in [0, 0.1) is 0 Å². The second kappa shape index (κ2) is 9.13. The highest BCUT2D eigenvalue weighted by Crippen LogP contribution is 2.11. The van der Waals surface area contributed by atoms with Gasteiger partial charge in [-0.15, -0.1) is 12.4 Å². The van der Waals surface area contributed by atoms with Crippen molar-refractivity contribution in [2.45, 2.75) is 25.3 Å². The summed E-state index contributed by atoms with van der Waals surface area (Å²) in [5.74, 6) is -0.260. The number of nitrogens with zero attached hydrogens (tertiary/aromatic N) is 1. The molecule has 0 radical (unpaired) electrons. The minimum Gasteiger partial charge on any atom is -0.341 e. The molecule has 0 aromatic carbocycles. The number of amides is 3. The van der Waals surface area contributed by atoms with Gasteiger partial charge in [-0.25, -0.2) is 4.79 Å². The molecule has 0 aromatic heterocycles. The lowest BCUT2D eigenvalue weighted by atomic mass is 10.1. The second-order valence-electron chi connectivity index (χ2n) is 4.38. The second-order valence-corrected chi connectivity index (χ2v) is 4.38. The molecule has 106 valence electrons. The van der Waals surface area contributed by atoms with Crippen LogP contribution < -0.4 is 16.0 Å². The van der Waals surface area contributed by atoms with Crippen LogP contribution in [0.25, 0.3) is 0 Å². The fourth-order valence-corrected chi connectivity index (χ4v) is 2.03. The Kier molecular flexibility index (Phi) is 8.70. The van der Waals surface area contributed by atoms with E-state index in [1.807, 2.05) is 11.9 Å². The van der Waals surface area contributed by atoms with Crippen LogP contribution in [0.2, 0.25) is 0 Å². The molecule has 1 aliphatic heterocycles. The van der Waals surface area contributed by atoms with Crippen molar-refractivity contribution in [3.63, 3.8) is 0 Å². The number of carbonyl (C=O) groups excluding carboxylic acids is 2. The van der Waals surface area contributed by atoms with Crippen LogP contribution in [-0.4, -0.2) is 56.6 Å². The normalized spacial score (nSPS) is 19.6. The lowest BCUT2D eigenvalue weighted by Crippen LogP contribution is -2.45. The molecule has 3 amide bonds. The number of urea groups is 1. The van der Waals surface area contributed by atoms with Crippen LogP contribution in [-0.2, 0) is 4.79 Å². The van der Waals surface area contributed by atoms with E-state index in [-0.39, 0.29) is 24.9 Å². The van der Waals surface area contributed by atoms with Crippen molar-refractivity contribution in [1.29, 1.82) is 0 Å². The minimum atomic E-state index is -0.453. The third-order valence-electron chi connectivity index (χ3n) is 3.04. The van der Waals surface area contributed by atoms with E-state index < -0.39 is 6.03 Å². The van der Waals surface area contributed by atoms with Gasteiger partial charge in [0.25, 0.3) is 0 Å². The quantitative estimate of drug-likeness (QED) is 0.676. The molecule has 1 fully saturated rings. The predicted molar refractivity (Wildman–Crippen MR) is 73.0 cm³/mol. The van der Waals surface area contributed by atoms with Crippen molar-refractivity contribution >= 4 is 24.3 Å². The number of halogens is 1. The Morgan fingerprint density at radius 1 is 1.33 bits per heavy atom. The number of carbonyl (C=O) groups is 2. The highest BCUT2D eigenvalue weighted by Gasteiger charge is 2.19. The van der Waals surface area contributed by atoms with Crippen LogP contribution in [0.1, 0.15) is 19.3 Å². The van der Waals surface area contributed by atoms with Crippen LogP contribution >= 0.6 is 12.4 Å². The highest BCUT2D eigenvalue weighted by atomic mass is 35.5. The molecule has 0 aliphatic carbocycles. The molecule has 1 rings (SSSR count). The SMILES string of the molecule is CNC(=O)NC(=O)CN(C)C1CCCNCC1.Cl. The summed E-state index contributed by atoms with van der Waals surface area (Å²) >= 11 is 0. The smallest absolute Gasteiger partial charge is 0.321 e. The summed E-state index contributed by atoms with van der Waals surface area (Å²) in [6, 6.07) is -0.0358. The molecule has 18 heavy (non-hydrogen) atoms. The Morgan fingerprint density at radius 2 is 2.06 bits per heavy atom. The summed E-state index contributed by atoms with van der Waals surface area (Å²) in [7, 11) is 3.42. The summed E-state index contributed by atoms with van der Waals surface area (Å²) in [5, 5.41) is 7.96. The lowest BCUT2D eigenvalue weighted by Gasteiger charge is -2.25. The van der Waals surface area contributed by atoms with Crippen molar-refractivity contribution in [2.75, 3.05) is 33.7 Å². The Balaban J connectivity index is 0.00000289. The van der Waals surface area contributed by atoms with Gasteiger partial charge in [0.1, 0.15) is 0 Å². The van der Waals surface area contributed by atoms with Crippen LogP contribution in [0.3, 0.4) is 0 Å². The predicted octanol–water partition coefficient (Wildman–Crippen LogP) is -0.0623. The number of nitrogens with one attached hydrogen (secondary N) is 3. The summed E-state index contributed by atoms with van der Waals surface area (Å²) < 4.78 is 0. The van der Waals surface area contributed by atoms with Crippen molar-refractivity contribution < 1.29 is 9.59 Å². The molecule has 0 saturated carbocycles. The van der Waals surface area contributed by atoms with Gasteiger partial charge in [0, 0.05) is 13.1 Å². The maximum atomic E-state index is 11.5. The average Bonchev–Trinajstić information content (AvgIpc) is 2.57. The molecule has 0 aromatic rings. The van der Waals surface area contributed by atoms with Crippen molar-refractivity contribution in [3.8, 4) is 0 Å². The largest absolute Gasteiger partial charge is 0.341 e. The fraction of sp³-hybridized carbons (Fsp3) is 0.818. The molecular weight excluding hydrogens is 256 g/mol. The molecular formula is C11H23ClN4O2. The first kappa shape index (κ1) is 17.2. The van der Waals surface area contributed by atoms with Gasteiger partial charge in [0.15, 0.2) is 0 Å². The van der Waals surface area contributed by atoms with Gasteiger partial charge in [0.05, 0.1) is 6.54 Å². The molecule has 3 N–H and O–H groups in total. The van der Waals surface area contributed by atoms with Gasteiger partial charge in [-0.2, -0.15) is 0 Å². The van der Waals surface area contributed by atoms with E-state index >= 15 is 0 Å². The maximum absolute atomic E-state index is 11.5. The Labute approximate surface area is 114 Å². The van der Waals surface area contributed by atoms with Gasteiger partial charge in [-0.3, -0.25) is 15.0 Å². The standard InChI is InChI=1S/C11H22N4O2.ClH/c1-12-11(17)14-10(16)8-15(2)9-4-3-6-13-7-5-9;/h9,13H,3-8H2,1-2H3,(H2,12,14,16,17);1H. The monoisotopic (exact) mass is 278 g/mol. The lowest BCUT2D eigenvalue weighted by molar-refractivity contribution is -0.121. The van der Waals surface area contributed by atoms with E-state index in [0.29, 0.717) is 6.04 Å². The molecule has 1 aliphatic rings. The summed E-state index contributed by atoms with van der Waals surface area (Å²) in [4.78, 5) is 24.5. The number of hydrogen-bond donors (Lipinski definition) is 3. The molecule has 7 heteroatoms. The van der Waals surface area contributed by atoms with Gasteiger partial charge in [0.2, 0.25) is 5.91 Å². The summed E-state index contributed by atoms with van der Waals surface area (Å²) in [5.41, 5.74) is 0.